The van der Waals surface area contributed by atoms with Crippen LogP contribution in [-0.4, -0.2) is 34.9 Å². The molecule has 0 aliphatic heterocycles. The zero-order valence-electron chi connectivity index (χ0n) is 11.3. The summed E-state index contributed by atoms with van der Waals surface area (Å²) >= 11 is 1.06. The maximum absolute atomic E-state index is 12.0. The van der Waals surface area contributed by atoms with Crippen LogP contribution in [0.2, 0.25) is 0 Å². The monoisotopic (exact) mass is 315 g/mol. The van der Waals surface area contributed by atoms with Crippen molar-refractivity contribution in [3.63, 3.8) is 0 Å². The number of nitrogens with one attached hydrogen (secondary N) is 1. The van der Waals surface area contributed by atoms with Gasteiger partial charge in [0.25, 0.3) is 0 Å². The van der Waals surface area contributed by atoms with Crippen molar-refractivity contribution in [3.05, 3.63) is 18.0 Å². The van der Waals surface area contributed by atoms with Gasteiger partial charge in [0.2, 0.25) is 0 Å². The van der Waals surface area contributed by atoms with E-state index in [1.165, 1.54) is 0 Å². The van der Waals surface area contributed by atoms with E-state index in [1.54, 1.807) is 17.8 Å². The molecule has 0 aliphatic rings. The maximum atomic E-state index is 12.0. The van der Waals surface area contributed by atoms with Crippen molar-refractivity contribution in [1.29, 1.82) is 0 Å². The SMILES string of the molecule is CCS(=O)(=O)c1c(N)nsc1NCCn1cc(C)cn1. The average molecular weight is 315 g/mol. The minimum absolute atomic E-state index is 0.00262. The topological polar surface area (TPSA) is 103 Å². The zero-order chi connectivity index (χ0) is 14.8. The van der Waals surface area contributed by atoms with Crippen LogP contribution in [0.1, 0.15) is 12.5 Å². The zero-order valence-corrected chi connectivity index (χ0v) is 13.0. The third kappa shape index (κ3) is 3.10. The molecule has 0 amide bonds. The van der Waals surface area contributed by atoms with E-state index >= 15 is 0 Å². The highest BCUT2D eigenvalue weighted by Gasteiger charge is 2.23. The van der Waals surface area contributed by atoms with Gasteiger partial charge in [-0.2, -0.15) is 9.47 Å². The van der Waals surface area contributed by atoms with Crippen molar-refractivity contribution < 1.29 is 8.42 Å². The molecule has 3 N–H and O–H groups in total. The number of rotatable bonds is 6. The van der Waals surface area contributed by atoms with Gasteiger partial charge >= 0.3 is 0 Å². The number of nitrogens with two attached hydrogens (primary N) is 1. The molecule has 20 heavy (non-hydrogen) atoms. The van der Waals surface area contributed by atoms with Gasteiger partial charge in [-0.15, -0.1) is 0 Å². The van der Waals surface area contributed by atoms with Crippen LogP contribution in [0.3, 0.4) is 0 Å². The molecule has 0 aliphatic carbocycles. The molecule has 7 nitrogen and oxygen atoms in total. The fourth-order valence-corrected chi connectivity index (χ4v) is 3.92. The molecule has 0 unspecified atom stereocenters. The molecular weight excluding hydrogens is 298 g/mol. The van der Waals surface area contributed by atoms with E-state index in [9.17, 15) is 8.42 Å². The number of aromatic nitrogens is 3. The van der Waals surface area contributed by atoms with Crippen molar-refractivity contribution in [3.8, 4) is 0 Å². The second-order valence-corrected chi connectivity index (χ2v) is 7.33. The quantitative estimate of drug-likeness (QED) is 0.828. The molecular formula is C11H17N5O2S2. The van der Waals surface area contributed by atoms with Crippen LogP contribution in [-0.2, 0) is 16.4 Å². The Morgan fingerprint density at radius 1 is 1.50 bits per heavy atom. The number of sulfone groups is 1. The van der Waals surface area contributed by atoms with Gasteiger partial charge in [0.15, 0.2) is 15.7 Å². The van der Waals surface area contributed by atoms with Crippen molar-refractivity contribution in [2.75, 3.05) is 23.3 Å². The first-order valence-corrected chi connectivity index (χ1v) is 8.57. The normalized spacial score (nSPS) is 11.7. The highest BCUT2D eigenvalue weighted by molar-refractivity contribution is 7.91. The standard InChI is InChI=1S/C11H17N5O2S2/c1-3-20(17,18)9-10(12)15-19-11(9)13-4-5-16-7-8(2)6-14-16/h6-7,13H,3-5H2,1-2H3,(H2,12,15). The lowest BCUT2D eigenvalue weighted by molar-refractivity contribution is 0.598. The van der Waals surface area contributed by atoms with Gasteiger partial charge in [0, 0.05) is 12.7 Å². The number of anilines is 2. The molecule has 0 spiro atoms. The van der Waals surface area contributed by atoms with Gasteiger partial charge in [0.1, 0.15) is 9.90 Å². The summed E-state index contributed by atoms with van der Waals surface area (Å²) in [5.41, 5.74) is 6.74. The van der Waals surface area contributed by atoms with Crippen molar-refractivity contribution in [1.82, 2.24) is 14.2 Å². The van der Waals surface area contributed by atoms with E-state index in [4.69, 9.17) is 5.73 Å². The van der Waals surface area contributed by atoms with Gasteiger partial charge < -0.3 is 11.1 Å². The number of hydrogen-bond donors (Lipinski definition) is 2. The number of nitrogen functional groups attached to an aromatic ring is 1. The summed E-state index contributed by atoms with van der Waals surface area (Å²) in [6, 6.07) is 0. The summed E-state index contributed by atoms with van der Waals surface area (Å²) in [4.78, 5) is 0.113. The largest absolute Gasteiger partial charge is 0.382 e. The predicted octanol–water partition coefficient (Wildman–Crippen LogP) is 1.14. The van der Waals surface area contributed by atoms with Crippen molar-refractivity contribution >= 4 is 32.2 Å². The Balaban J connectivity index is 2.07. The van der Waals surface area contributed by atoms with Crippen LogP contribution in [0.25, 0.3) is 0 Å². The Bertz CT molecular complexity index is 689. The van der Waals surface area contributed by atoms with E-state index in [1.807, 2.05) is 13.1 Å². The predicted molar refractivity (Wildman–Crippen MR) is 79.7 cm³/mol. The first-order valence-electron chi connectivity index (χ1n) is 6.15. The maximum Gasteiger partial charge on any atom is 0.184 e. The van der Waals surface area contributed by atoms with Crippen molar-refractivity contribution in [2.24, 2.45) is 0 Å². The van der Waals surface area contributed by atoms with Crippen LogP contribution in [0, 0.1) is 6.92 Å². The third-order valence-corrected chi connectivity index (χ3v) is 5.50. The van der Waals surface area contributed by atoms with Gasteiger partial charge in [0.05, 0.1) is 18.5 Å². The molecule has 2 aromatic rings. The molecule has 0 radical (unpaired) electrons. The molecule has 2 aromatic heterocycles. The summed E-state index contributed by atoms with van der Waals surface area (Å²) in [5, 5.41) is 7.72. The van der Waals surface area contributed by atoms with E-state index in [0.29, 0.717) is 18.1 Å². The Hall–Kier alpha value is -1.61. The summed E-state index contributed by atoms with van der Waals surface area (Å²) < 4.78 is 29.6. The highest BCUT2D eigenvalue weighted by atomic mass is 32.2. The van der Waals surface area contributed by atoms with Crippen LogP contribution < -0.4 is 11.1 Å². The van der Waals surface area contributed by atoms with Crippen LogP contribution in [0.15, 0.2) is 17.3 Å². The first kappa shape index (κ1) is 14.8. The van der Waals surface area contributed by atoms with Crippen LogP contribution in [0.4, 0.5) is 10.8 Å². The molecule has 110 valence electrons. The van der Waals surface area contributed by atoms with Crippen molar-refractivity contribution in [2.45, 2.75) is 25.3 Å². The van der Waals surface area contributed by atoms with E-state index in [2.05, 4.69) is 14.8 Å². The molecule has 0 saturated heterocycles. The lowest BCUT2D eigenvalue weighted by Crippen LogP contribution is -2.13. The average Bonchev–Trinajstić information content (AvgIpc) is 2.96. The number of hydrogen-bond acceptors (Lipinski definition) is 7. The van der Waals surface area contributed by atoms with Crippen LogP contribution >= 0.6 is 11.5 Å². The molecule has 0 atom stereocenters. The van der Waals surface area contributed by atoms with Gasteiger partial charge in [-0.25, -0.2) is 8.42 Å². The second-order valence-electron chi connectivity index (χ2n) is 4.34. The molecule has 9 heteroatoms. The third-order valence-electron chi connectivity index (χ3n) is 2.75. The number of nitrogens with zero attached hydrogens (tertiary/aromatic N) is 3. The summed E-state index contributed by atoms with van der Waals surface area (Å²) in [6.07, 6.45) is 3.70. The summed E-state index contributed by atoms with van der Waals surface area (Å²) in [5.74, 6) is 0.0668. The van der Waals surface area contributed by atoms with Gasteiger partial charge in [-0.05, 0) is 24.0 Å². The van der Waals surface area contributed by atoms with Crippen LogP contribution in [0.5, 0.6) is 0 Å². The summed E-state index contributed by atoms with van der Waals surface area (Å²) in [6.45, 7) is 4.74. The number of aryl methyl sites for hydroxylation is 1. The lowest BCUT2D eigenvalue weighted by atomic mass is 10.4. The Kier molecular flexibility index (Phi) is 4.29. The molecule has 0 bridgehead atoms. The van der Waals surface area contributed by atoms with E-state index in [-0.39, 0.29) is 16.5 Å². The Labute approximate surface area is 121 Å². The summed E-state index contributed by atoms with van der Waals surface area (Å²) in [7, 11) is -3.37. The first-order chi connectivity index (χ1) is 9.44. The molecule has 0 fully saturated rings. The fourth-order valence-electron chi connectivity index (χ4n) is 1.72. The van der Waals surface area contributed by atoms with Gasteiger partial charge in [-0.1, -0.05) is 6.92 Å². The molecule has 2 rings (SSSR count). The minimum Gasteiger partial charge on any atom is -0.382 e. The Morgan fingerprint density at radius 2 is 2.25 bits per heavy atom. The highest BCUT2D eigenvalue weighted by Crippen LogP contribution is 2.31. The lowest BCUT2D eigenvalue weighted by Gasteiger charge is -2.07. The molecule has 0 aromatic carbocycles. The Morgan fingerprint density at radius 3 is 2.85 bits per heavy atom. The van der Waals surface area contributed by atoms with E-state index in [0.717, 1.165) is 17.1 Å². The van der Waals surface area contributed by atoms with E-state index < -0.39 is 9.84 Å². The fraction of sp³-hybridized carbons (Fsp3) is 0.455. The smallest absolute Gasteiger partial charge is 0.184 e. The molecule has 2 heterocycles. The van der Waals surface area contributed by atoms with Gasteiger partial charge in [-0.3, -0.25) is 4.68 Å². The second kappa shape index (κ2) is 5.80. The minimum atomic E-state index is -3.37. The molecule has 0 saturated carbocycles.